The molecule has 168 valence electrons. The lowest BCUT2D eigenvalue weighted by Crippen LogP contribution is -2.48. The van der Waals surface area contributed by atoms with Crippen LogP contribution in [0, 0.1) is 10.1 Å². The van der Waals surface area contributed by atoms with Gasteiger partial charge < -0.3 is 14.6 Å². The fourth-order valence-electron chi connectivity index (χ4n) is 3.30. The van der Waals surface area contributed by atoms with Gasteiger partial charge in [0, 0.05) is 51.3 Å². The van der Waals surface area contributed by atoms with Crippen molar-refractivity contribution >= 4 is 11.6 Å². The summed E-state index contributed by atoms with van der Waals surface area (Å²) in [5.41, 5.74) is -1.23. The molecular weight excluding hydrogens is 419 g/mol. The molecule has 1 aliphatic rings. The number of imidazole rings is 1. The van der Waals surface area contributed by atoms with Crippen molar-refractivity contribution in [2.75, 3.05) is 39.3 Å². The lowest BCUT2D eigenvalue weighted by molar-refractivity contribution is -0.385. The second-order valence-electron chi connectivity index (χ2n) is 7.13. The number of nitro benzene ring substituents is 1. The molecule has 0 unspecified atom stereocenters. The zero-order valence-electron chi connectivity index (χ0n) is 16.8. The number of halogens is 3. The van der Waals surface area contributed by atoms with E-state index in [9.17, 15) is 28.1 Å². The third-order valence-corrected chi connectivity index (χ3v) is 5.00. The largest absolute Gasteiger partial charge is 0.487 e. The number of hydrogen-bond acceptors (Lipinski definition) is 6. The molecule has 1 amide bonds. The first-order valence-corrected chi connectivity index (χ1v) is 9.67. The Labute approximate surface area is 176 Å². The van der Waals surface area contributed by atoms with Gasteiger partial charge in [0.05, 0.1) is 17.7 Å². The Hall–Kier alpha value is -3.15. The highest BCUT2D eigenvalue weighted by Gasteiger charge is 2.33. The zero-order chi connectivity index (χ0) is 22.6. The molecule has 0 spiro atoms. The van der Waals surface area contributed by atoms with E-state index in [4.69, 9.17) is 4.74 Å². The van der Waals surface area contributed by atoms with E-state index < -0.39 is 16.8 Å². The van der Waals surface area contributed by atoms with E-state index in [-0.39, 0.29) is 35.3 Å². The van der Waals surface area contributed by atoms with E-state index >= 15 is 0 Å². The van der Waals surface area contributed by atoms with Crippen LogP contribution in [0.15, 0.2) is 24.4 Å². The van der Waals surface area contributed by atoms with E-state index in [1.807, 2.05) is 0 Å². The molecule has 12 heteroatoms. The minimum Gasteiger partial charge on any atom is -0.487 e. The van der Waals surface area contributed by atoms with E-state index in [0.29, 0.717) is 25.7 Å². The molecule has 3 rings (SSSR count). The molecule has 1 N–H and O–H groups in total. The molecule has 31 heavy (non-hydrogen) atoms. The fraction of sp³-hybridized carbons (Fsp3) is 0.474. The average Bonchev–Trinajstić information content (AvgIpc) is 3.22. The second kappa shape index (κ2) is 9.33. The first kappa shape index (κ1) is 22.5. The molecule has 1 saturated heterocycles. The summed E-state index contributed by atoms with van der Waals surface area (Å²) in [5.74, 6) is -0.0210. The smallest absolute Gasteiger partial charge is 0.432 e. The summed E-state index contributed by atoms with van der Waals surface area (Å²) in [6.07, 6.45) is -3.31. The van der Waals surface area contributed by atoms with Gasteiger partial charge in [-0.15, -0.1) is 0 Å². The van der Waals surface area contributed by atoms with E-state index in [0.717, 1.165) is 25.7 Å². The molecular formula is C19H22F3N5O4. The summed E-state index contributed by atoms with van der Waals surface area (Å²) in [6, 6.07) is 3.91. The van der Waals surface area contributed by atoms with Crippen molar-refractivity contribution in [2.24, 2.45) is 0 Å². The van der Waals surface area contributed by atoms with E-state index in [1.54, 1.807) is 11.8 Å². The van der Waals surface area contributed by atoms with Crippen molar-refractivity contribution in [1.29, 1.82) is 0 Å². The van der Waals surface area contributed by atoms with Gasteiger partial charge in [-0.1, -0.05) is 0 Å². The number of piperazine rings is 1. The van der Waals surface area contributed by atoms with Crippen molar-refractivity contribution in [1.82, 2.24) is 19.8 Å². The molecule has 2 heterocycles. The highest BCUT2D eigenvalue weighted by Crippen LogP contribution is 2.33. The van der Waals surface area contributed by atoms with Gasteiger partial charge in [0.1, 0.15) is 11.5 Å². The first-order valence-electron chi connectivity index (χ1n) is 9.67. The van der Waals surface area contributed by atoms with Crippen LogP contribution in [0.2, 0.25) is 0 Å². The van der Waals surface area contributed by atoms with Crippen LogP contribution >= 0.6 is 0 Å². The Morgan fingerprint density at radius 2 is 2.00 bits per heavy atom. The standard InChI is InChI=1S/C19H22F3N5O4/c1-13(28)26-8-6-25(7-9-26)5-2-10-31-16-4-3-14(11-15(16)27(29)30)18-23-12-17(24-18)19(20,21)22/h3-4,11-12H,2,5-10H2,1H3,(H,23,24). The van der Waals surface area contributed by atoms with Crippen LogP contribution in [0.3, 0.4) is 0 Å². The van der Waals surface area contributed by atoms with Crippen molar-refractivity contribution < 1.29 is 27.6 Å². The SMILES string of the molecule is CC(=O)N1CCN(CCCOc2ccc(-c3ncc(C(F)(F)F)[nH]3)cc2[N+](=O)[O-])CC1. The van der Waals surface area contributed by atoms with Crippen molar-refractivity contribution in [3.63, 3.8) is 0 Å². The van der Waals surface area contributed by atoms with Crippen LogP contribution in [-0.4, -0.2) is 69.9 Å². The quantitative estimate of drug-likeness (QED) is 0.403. The molecule has 0 aliphatic carbocycles. The number of ether oxygens (including phenoxy) is 1. The van der Waals surface area contributed by atoms with Crippen molar-refractivity contribution in [2.45, 2.75) is 19.5 Å². The van der Waals surface area contributed by atoms with Crippen LogP contribution in [0.1, 0.15) is 19.0 Å². The lowest BCUT2D eigenvalue weighted by atomic mass is 10.2. The number of aromatic amines is 1. The average molecular weight is 441 g/mol. The predicted octanol–water partition coefficient (Wildman–Crippen LogP) is 2.94. The normalized spacial score (nSPS) is 15.2. The summed E-state index contributed by atoms with van der Waals surface area (Å²) >= 11 is 0. The summed E-state index contributed by atoms with van der Waals surface area (Å²) < 4.78 is 43.7. The van der Waals surface area contributed by atoms with Gasteiger partial charge in [-0.05, 0) is 18.6 Å². The highest BCUT2D eigenvalue weighted by molar-refractivity contribution is 5.73. The summed E-state index contributed by atoms with van der Waals surface area (Å²) in [5, 5.41) is 11.4. The van der Waals surface area contributed by atoms with Gasteiger partial charge in [-0.25, -0.2) is 4.98 Å². The van der Waals surface area contributed by atoms with Crippen LogP contribution in [0.4, 0.5) is 18.9 Å². The van der Waals surface area contributed by atoms with Gasteiger partial charge >= 0.3 is 11.9 Å². The van der Waals surface area contributed by atoms with Crippen LogP contribution < -0.4 is 4.74 Å². The Kier molecular flexibility index (Phi) is 6.78. The number of hydrogen-bond donors (Lipinski definition) is 1. The van der Waals surface area contributed by atoms with Gasteiger partial charge in [-0.3, -0.25) is 19.8 Å². The minimum atomic E-state index is -4.58. The summed E-state index contributed by atoms with van der Waals surface area (Å²) in [6.45, 7) is 5.38. The minimum absolute atomic E-state index is 0.0396. The Morgan fingerprint density at radius 1 is 1.29 bits per heavy atom. The number of carbonyl (C=O) groups is 1. The van der Waals surface area contributed by atoms with Gasteiger partial charge in [0.15, 0.2) is 5.75 Å². The third-order valence-electron chi connectivity index (χ3n) is 5.00. The summed E-state index contributed by atoms with van der Waals surface area (Å²) in [4.78, 5) is 31.9. The number of aromatic nitrogens is 2. The van der Waals surface area contributed by atoms with Crippen molar-refractivity contribution in [3.8, 4) is 17.1 Å². The number of alkyl halides is 3. The first-order chi connectivity index (χ1) is 14.6. The number of rotatable bonds is 7. The predicted molar refractivity (Wildman–Crippen MR) is 104 cm³/mol. The molecule has 1 fully saturated rings. The number of nitrogens with one attached hydrogen (secondary N) is 1. The van der Waals surface area contributed by atoms with E-state index in [1.165, 1.54) is 12.1 Å². The topological polar surface area (TPSA) is 105 Å². The molecule has 0 saturated carbocycles. The van der Waals surface area contributed by atoms with Crippen LogP contribution in [0.25, 0.3) is 11.4 Å². The highest BCUT2D eigenvalue weighted by atomic mass is 19.4. The maximum Gasteiger partial charge on any atom is 0.432 e. The fourth-order valence-corrected chi connectivity index (χ4v) is 3.30. The second-order valence-corrected chi connectivity index (χ2v) is 7.13. The monoisotopic (exact) mass is 441 g/mol. The molecule has 9 nitrogen and oxygen atoms in total. The number of benzene rings is 1. The van der Waals surface area contributed by atoms with Gasteiger partial charge in [0.2, 0.25) is 5.91 Å². The van der Waals surface area contributed by atoms with Gasteiger partial charge in [-0.2, -0.15) is 13.2 Å². The van der Waals surface area contributed by atoms with Crippen LogP contribution in [-0.2, 0) is 11.0 Å². The molecule has 1 aromatic carbocycles. The molecule has 0 bridgehead atoms. The molecule has 1 aromatic heterocycles. The molecule has 2 aromatic rings. The third kappa shape index (κ3) is 5.72. The van der Waals surface area contributed by atoms with Gasteiger partial charge in [0.25, 0.3) is 0 Å². The lowest BCUT2D eigenvalue weighted by Gasteiger charge is -2.34. The Balaban J connectivity index is 1.57. The van der Waals surface area contributed by atoms with Crippen LogP contribution in [0.5, 0.6) is 5.75 Å². The molecule has 0 radical (unpaired) electrons. The molecule has 1 aliphatic heterocycles. The number of H-pyrrole nitrogens is 1. The number of carbonyl (C=O) groups excluding carboxylic acids is 1. The maximum absolute atomic E-state index is 12.7. The molecule has 0 atom stereocenters. The Morgan fingerprint density at radius 3 is 2.58 bits per heavy atom. The van der Waals surface area contributed by atoms with E-state index in [2.05, 4.69) is 14.9 Å². The van der Waals surface area contributed by atoms with Crippen molar-refractivity contribution in [3.05, 3.63) is 40.2 Å². The maximum atomic E-state index is 12.7. The number of amides is 1. The Bertz CT molecular complexity index is 939. The number of nitrogens with zero attached hydrogens (tertiary/aromatic N) is 4. The zero-order valence-corrected chi connectivity index (χ0v) is 16.8. The summed E-state index contributed by atoms with van der Waals surface area (Å²) in [7, 11) is 0. The number of nitro groups is 1.